The highest BCUT2D eigenvalue weighted by Crippen LogP contribution is 2.37. The van der Waals surface area contributed by atoms with Crippen LogP contribution in [0.5, 0.6) is 0 Å². The third kappa shape index (κ3) is 8.01. The van der Waals surface area contributed by atoms with E-state index < -0.39 is 17.1 Å². The lowest BCUT2D eigenvalue weighted by Crippen LogP contribution is -2.54. The average Bonchev–Trinajstić information content (AvgIpc) is 3.15. The van der Waals surface area contributed by atoms with Crippen LogP contribution in [0.4, 0.5) is 4.39 Å². The summed E-state index contributed by atoms with van der Waals surface area (Å²) in [6, 6.07) is 22.4. The standard InChI is InChI=1S/C39H43ClFN5O3/c40-32-12-8-31(9-13-32)39(49)19-26-45(27-20-39)24-5-18-38(35-7-1-3-21-43-35,30-10-14-33(41)15-11-30)28-44-36(47)34-6-2-4-25-46(34)37(48)29-16-22-42-23-17-29/h1,3,7-17,21-23,34,49H,2,4-6,18-20,24-28H2,(H,44,47). The Morgan fingerprint density at radius 1 is 0.939 bits per heavy atom. The van der Waals surface area contributed by atoms with Gasteiger partial charge in [0.25, 0.3) is 5.91 Å². The number of halogens is 2. The molecule has 4 aromatic rings. The Morgan fingerprint density at radius 2 is 1.67 bits per heavy atom. The summed E-state index contributed by atoms with van der Waals surface area (Å²) in [7, 11) is 0. The third-order valence-corrected chi connectivity index (χ3v) is 10.5. The molecule has 2 aromatic heterocycles. The average molecular weight is 684 g/mol. The first-order chi connectivity index (χ1) is 23.8. The van der Waals surface area contributed by atoms with E-state index in [1.165, 1.54) is 12.1 Å². The minimum absolute atomic E-state index is 0.179. The van der Waals surface area contributed by atoms with Crippen molar-refractivity contribution in [1.82, 2.24) is 25.1 Å². The lowest BCUT2D eigenvalue weighted by Gasteiger charge is -2.40. The largest absolute Gasteiger partial charge is 0.385 e. The number of rotatable bonds is 11. The summed E-state index contributed by atoms with van der Waals surface area (Å²) in [4.78, 5) is 40.3. The molecule has 4 heterocycles. The predicted octanol–water partition coefficient (Wildman–Crippen LogP) is 6.13. The number of benzene rings is 2. The molecule has 2 aliphatic rings. The highest BCUT2D eigenvalue weighted by atomic mass is 35.5. The van der Waals surface area contributed by atoms with Crippen LogP contribution in [0.25, 0.3) is 0 Å². The summed E-state index contributed by atoms with van der Waals surface area (Å²) < 4.78 is 14.2. The van der Waals surface area contributed by atoms with Gasteiger partial charge in [-0.3, -0.25) is 19.6 Å². The Hall–Kier alpha value is -4.18. The molecule has 2 amide bonds. The monoisotopic (exact) mass is 683 g/mol. The van der Waals surface area contributed by atoms with Gasteiger partial charge < -0.3 is 20.2 Å². The Labute approximate surface area is 292 Å². The van der Waals surface area contributed by atoms with Crippen LogP contribution in [0.1, 0.15) is 72.1 Å². The fourth-order valence-corrected chi connectivity index (χ4v) is 7.51. The highest BCUT2D eigenvalue weighted by Gasteiger charge is 2.39. The second-order valence-electron chi connectivity index (χ2n) is 13.3. The van der Waals surface area contributed by atoms with Crippen LogP contribution in [-0.4, -0.2) is 75.5 Å². The first-order valence-corrected chi connectivity index (χ1v) is 17.5. The van der Waals surface area contributed by atoms with Gasteiger partial charge in [-0.2, -0.15) is 0 Å². The van der Waals surface area contributed by atoms with Crippen LogP contribution in [0.3, 0.4) is 0 Å². The molecular formula is C39H43ClFN5O3. The fraction of sp³-hybridized carbons (Fsp3) is 0.385. The van der Waals surface area contributed by atoms with E-state index in [0.717, 1.165) is 55.7 Å². The molecule has 2 aromatic carbocycles. The van der Waals surface area contributed by atoms with Crippen molar-refractivity contribution >= 4 is 23.4 Å². The fourth-order valence-electron chi connectivity index (χ4n) is 7.38. The summed E-state index contributed by atoms with van der Waals surface area (Å²) in [6.45, 7) is 3.01. The van der Waals surface area contributed by atoms with Crippen LogP contribution in [0.2, 0.25) is 5.02 Å². The van der Waals surface area contributed by atoms with Gasteiger partial charge in [0.2, 0.25) is 5.91 Å². The predicted molar refractivity (Wildman–Crippen MR) is 188 cm³/mol. The van der Waals surface area contributed by atoms with Gasteiger partial charge in [-0.05, 0) is 111 Å². The summed E-state index contributed by atoms with van der Waals surface area (Å²) in [5.74, 6) is -0.722. The molecule has 0 bridgehead atoms. The van der Waals surface area contributed by atoms with Crippen molar-refractivity contribution in [2.24, 2.45) is 0 Å². The summed E-state index contributed by atoms with van der Waals surface area (Å²) in [6.07, 6.45) is 9.82. The van der Waals surface area contributed by atoms with Crippen molar-refractivity contribution in [1.29, 1.82) is 0 Å². The summed E-state index contributed by atoms with van der Waals surface area (Å²) >= 11 is 6.08. The molecule has 49 heavy (non-hydrogen) atoms. The van der Waals surface area contributed by atoms with Crippen LogP contribution >= 0.6 is 11.6 Å². The minimum Gasteiger partial charge on any atom is -0.385 e. The van der Waals surface area contributed by atoms with Crippen molar-refractivity contribution in [3.05, 3.63) is 131 Å². The van der Waals surface area contributed by atoms with E-state index in [4.69, 9.17) is 16.6 Å². The molecule has 10 heteroatoms. The molecule has 0 spiro atoms. The lowest BCUT2D eigenvalue weighted by molar-refractivity contribution is -0.126. The Morgan fingerprint density at radius 3 is 2.37 bits per heavy atom. The van der Waals surface area contributed by atoms with E-state index in [1.807, 2.05) is 42.5 Å². The number of nitrogens with one attached hydrogen (secondary N) is 1. The minimum atomic E-state index is -0.886. The van der Waals surface area contributed by atoms with Crippen LogP contribution in [0, 0.1) is 5.82 Å². The van der Waals surface area contributed by atoms with E-state index in [-0.39, 0.29) is 24.2 Å². The van der Waals surface area contributed by atoms with E-state index in [9.17, 15) is 19.1 Å². The van der Waals surface area contributed by atoms with E-state index in [2.05, 4.69) is 15.2 Å². The van der Waals surface area contributed by atoms with Gasteiger partial charge in [-0.1, -0.05) is 41.9 Å². The molecule has 6 rings (SSSR count). The lowest BCUT2D eigenvalue weighted by atomic mass is 9.73. The SMILES string of the molecule is O=C(NCC(CCCN1CCC(O)(c2ccc(Cl)cc2)CC1)(c1ccc(F)cc1)c1ccccn1)C1CCCCN1C(=O)c1ccncc1. The summed E-state index contributed by atoms with van der Waals surface area (Å²) in [5, 5.41) is 15.3. The first kappa shape index (κ1) is 34.7. The number of likely N-dealkylation sites (tertiary alicyclic amines) is 2. The first-order valence-electron chi connectivity index (χ1n) is 17.1. The number of carbonyl (C=O) groups excluding carboxylic acids is 2. The van der Waals surface area contributed by atoms with Crippen molar-refractivity contribution in [2.45, 2.75) is 62.0 Å². The van der Waals surface area contributed by atoms with Crippen LogP contribution < -0.4 is 5.32 Å². The molecule has 2 fully saturated rings. The number of aliphatic hydroxyl groups is 1. The number of hydrogen-bond donors (Lipinski definition) is 2. The zero-order chi connectivity index (χ0) is 34.3. The van der Waals surface area contributed by atoms with E-state index in [1.54, 1.807) is 47.8 Å². The molecule has 2 aliphatic heterocycles. The van der Waals surface area contributed by atoms with Crippen molar-refractivity contribution in [3.63, 3.8) is 0 Å². The maximum atomic E-state index is 14.2. The number of amides is 2. The van der Waals surface area contributed by atoms with Gasteiger partial charge in [-0.15, -0.1) is 0 Å². The Bertz CT molecular complexity index is 1690. The van der Waals surface area contributed by atoms with Crippen molar-refractivity contribution in [2.75, 3.05) is 32.7 Å². The molecule has 0 saturated carbocycles. The maximum Gasteiger partial charge on any atom is 0.254 e. The van der Waals surface area contributed by atoms with Gasteiger partial charge >= 0.3 is 0 Å². The Balaban J connectivity index is 1.20. The second kappa shape index (κ2) is 15.6. The van der Waals surface area contributed by atoms with E-state index >= 15 is 0 Å². The zero-order valence-corrected chi connectivity index (χ0v) is 28.4. The smallest absolute Gasteiger partial charge is 0.254 e. The van der Waals surface area contributed by atoms with Gasteiger partial charge in [0.15, 0.2) is 0 Å². The zero-order valence-electron chi connectivity index (χ0n) is 27.6. The number of carbonyl (C=O) groups is 2. The molecule has 2 unspecified atom stereocenters. The molecule has 2 saturated heterocycles. The Kier molecular flexibility index (Phi) is 11.0. The number of nitrogens with zero attached hydrogens (tertiary/aromatic N) is 4. The van der Waals surface area contributed by atoms with Crippen molar-refractivity contribution in [3.8, 4) is 0 Å². The van der Waals surface area contributed by atoms with Gasteiger partial charge in [0, 0.05) is 55.4 Å². The number of hydrogen-bond acceptors (Lipinski definition) is 6. The molecule has 8 nitrogen and oxygen atoms in total. The molecule has 0 aliphatic carbocycles. The third-order valence-electron chi connectivity index (χ3n) is 10.3. The molecule has 2 N–H and O–H groups in total. The molecule has 0 radical (unpaired) electrons. The van der Waals surface area contributed by atoms with E-state index in [0.29, 0.717) is 42.8 Å². The molecule has 2 atom stereocenters. The number of pyridine rings is 2. The molecule has 256 valence electrons. The normalized spacial score (nSPS) is 19.2. The maximum absolute atomic E-state index is 14.2. The van der Waals surface area contributed by atoms with Gasteiger partial charge in [-0.25, -0.2) is 4.39 Å². The highest BCUT2D eigenvalue weighted by molar-refractivity contribution is 6.30. The van der Waals surface area contributed by atoms with Crippen LogP contribution in [-0.2, 0) is 15.8 Å². The van der Waals surface area contributed by atoms with Gasteiger partial charge in [0.1, 0.15) is 11.9 Å². The van der Waals surface area contributed by atoms with Gasteiger partial charge in [0.05, 0.1) is 16.7 Å². The molecular weight excluding hydrogens is 641 g/mol. The topological polar surface area (TPSA) is 98.7 Å². The summed E-state index contributed by atoms with van der Waals surface area (Å²) in [5.41, 5.74) is 1.40. The van der Waals surface area contributed by atoms with Crippen LogP contribution in [0.15, 0.2) is 97.5 Å². The second-order valence-corrected chi connectivity index (χ2v) is 13.7. The quantitative estimate of drug-likeness (QED) is 0.197. The number of aromatic nitrogens is 2. The number of piperidine rings is 2. The van der Waals surface area contributed by atoms with Crippen molar-refractivity contribution < 1.29 is 19.1 Å².